The van der Waals surface area contributed by atoms with E-state index in [2.05, 4.69) is 6.92 Å². The SMILES string of the molecule is CC(O)COC(C)COC(C)COC(=O)C(C)(C)C.CCCCCCCCCCCCCCCC(=O)OC(=O)C(C)(C)C. The highest BCUT2D eigenvalue weighted by molar-refractivity contribution is 5.88. The molecule has 0 saturated carbocycles. The van der Waals surface area contributed by atoms with E-state index in [0.29, 0.717) is 13.0 Å². The van der Waals surface area contributed by atoms with Crippen LogP contribution in [0.3, 0.4) is 0 Å². The Balaban J connectivity index is 0. The number of rotatable bonds is 22. The number of aliphatic hydroxyl groups excluding tert-OH is 1. The highest BCUT2D eigenvalue weighted by atomic mass is 16.6. The van der Waals surface area contributed by atoms with Crippen molar-refractivity contribution in [3.8, 4) is 0 Å². The minimum atomic E-state index is -0.605. The first kappa shape index (κ1) is 43.6. The van der Waals surface area contributed by atoms with E-state index in [1.807, 2.05) is 34.6 Å². The van der Waals surface area contributed by atoms with Gasteiger partial charge in [0.25, 0.3) is 0 Å². The van der Waals surface area contributed by atoms with Crippen LogP contribution in [0.4, 0.5) is 0 Å². The minimum Gasteiger partial charge on any atom is -0.463 e. The number of hydrogen-bond donors (Lipinski definition) is 1. The Morgan fingerprint density at radius 2 is 0.977 bits per heavy atom. The van der Waals surface area contributed by atoms with Crippen LogP contribution in [0.25, 0.3) is 0 Å². The molecule has 0 aliphatic carbocycles. The Bertz CT molecular complexity index is 706. The molecule has 0 fully saturated rings. The van der Waals surface area contributed by atoms with E-state index in [9.17, 15) is 14.4 Å². The first-order valence-corrected chi connectivity index (χ1v) is 16.8. The zero-order chi connectivity index (χ0) is 33.3. The molecule has 0 saturated heterocycles. The predicted molar refractivity (Wildman–Crippen MR) is 174 cm³/mol. The fourth-order valence-electron chi connectivity index (χ4n) is 3.70. The number of carbonyl (C=O) groups excluding carboxylic acids is 3. The molecule has 0 aromatic carbocycles. The molecule has 43 heavy (non-hydrogen) atoms. The van der Waals surface area contributed by atoms with Crippen LogP contribution >= 0.6 is 0 Å². The van der Waals surface area contributed by atoms with Gasteiger partial charge in [-0.25, -0.2) is 0 Å². The van der Waals surface area contributed by atoms with Crippen molar-refractivity contribution in [3.63, 3.8) is 0 Å². The number of aliphatic hydroxyl groups is 1. The second kappa shape index (κ2) is 25.8. The van der Waals surface area contributed by atoms with E-state index in [1.165, 1.54) is 70.6 Å². The molecule has 3 atom stereocenters. The van der Waals surface area contributed by atoms with Crippen molar-refractivity contribution in [1.29, 1.82) is 0 Å². The zero-order valence-corrected chi connectivity index (χ0v) is 29.6. The van der Waals surface area contributed by atoms with Crippen LogP contribution in [0.2, 0.25) is 0 Å². The van der Waals surface area contributed by atoms with Gasteiger partial charge in [0.05, 0.1) is 42.4 Å². The number of unbranched alkanes of at least 4 members (excludes halogenated alkanes) is 12. The Hall–Kier alpha value is -1.51. The van der Waals surface area contributed by atoms with Crippen molar-refractivity contribution < 1.29 is 38.4 Å². The van der Waals surface area contributed by atoms with E-state index in [0.717, 1.165) is 12.8 Å². The summed E-state index contributed by atoms with van der Waals surface area (Å²) in [5.41, 5.74) is -1.10. The maximum absolute atomic E-state index is 11.6. The fourth-order valence-corrected chi connectivity index (χ4v) is 3.70. The van der Waals surface area contributed by atoms with Gasteiger partial charge in [-0.2, -0.15) is 0 Å². The third-order valence-corrected chi connectivity index (χ3v) is 6.60. The molecule has 3 unspecified atom stereocenters. The topological polar surface area (TPSA) is 108 Å². The van der Waals surface area contributed by atoms with Crippen molar-refractivity contribution >= 4 is 17.9 Å². The lowest BCUT2D eigenvalue weighted by Crippen LogP contribution is -2.29. The van der Waals surface area contributed by atoms with Crippen molar-refractivity contribution in [1.82, 2.24) is 0 Å². The van der Waals surface area contributed by atoms with Crippen LogP contribution in [-0.4, -0.2) is 61.1 Å². The van der Waals surface area contributed by atoms with Crippen LogP contribution in [0, 0.1) is 10.8 Å². The third-order valence-electron chi connectivity index (χ3n) is 6.60. The number of ether oxygens (including phenoxy) is 4. The maximum atomic E-state index is 11.6. The molecular formula is C35H68O8. The smallest absolute Gasteiger partial charge is 0.318 e. The van der Waals surface area contributed by atoms with E-state index >= 15 is 0 Å². The summed E-state index contributed by atoms with van der Waals surface area (Å²) in [6, 6.07) is 0. The molecule has 8 nitrogen and oxygen atoms in total. The Labute approximate surface area is 264 Å². The Morgan fingerprint density at radius 1 is 0.581 bits per heavy atom. The van der Waals surface area contributed by atoms with E-state index in [-0.39, 0.29) is 37.4 Å². The van der Waals surface area contributed by atoms with Crippen molar-refractivity contribution in [2.75, 3.05) is 19.8 Å². The molecule has 0 spiro atoms. The van der Waals surface area contributed by atoms with Gasteiger partial charge >= 0.3 is 17.9 Å². The largest absolute Gasteiger partial charge is 0.463 e. The molecule has 0 aliphatic rings. The van der Waals surface area contributed by atoms with Crippen LogP contribution in [0.15, 0.2) is 0 Å². The van der Waals surface area contributed by atoms with Gasteiger partial charge in [0, 0.05) is 6.42 Å². The quantitative estimate of drug-likeness (QED) is 0.0734. The summed E-state index contributed by atoms with van der Waals surface area (Å²) in [6.07, 6.45) is 16.2. The normalized spacial score (nSPS) is 13.8. The number of carbonyl (C=O) groups is 3. The summed E-state index contributed by atoms with van der Waals surface area (Å²) in [5.74, 6) is -1.04. The van der Waals surface area contributed by atoms with Crippen molar-refractivity contribution in [2.24, 2.45) is 10.8 Å². The summed E-state index contributed by atoms with van der Waals surface area (Å²) < 4.78 is 20.9. The van der Waals surface area contributed by atoms with E-state index in [4.69, 9.17) is 24.1 Å². The predicted octanol–water partition coefficient (Wildman–Crippen LogP) is 8.35. The van der Waals surface area contributed by atoms with Gasteiger partial charge < -0.3 is 24.1 Å². The van der Waals surface area contributed by atoms with Crippen LogP contribution in [0.5, 0.6) is 0 Å². The summed E-state index contributed by atoms with van der Waals surface area (Å²) >= 11 is 0. The van der Waals surface area contributed by atoms with Gasteiger partial charge in [-0.3, -0.25) is 14.4 Å². The maximum Gasteiger partial charge on any atom is 0.318 e. The molecule has 0 heterocycles. The Morgan fingerprint density at radius 3 is 1.40 bits per heavy atom. The molecule has 256 valence electrons. The summed E-state index contributed by atoms with van der Waals surface area (Å²) in [6.45, 7) is 19.3. The lowest BCUT2D eigenvalue weighted by Gasteiger charge is -2.21. The molecule has 0 aliphatic heterocycles. The van der Waals surface area contributed by atoms with Crippen molar-refractivity contribution in [2.45, 2.75) is 177 Å². The van der Waals surface area contributed by atoms with Gasteiger partial charge in [-0.1, -0.05) is 84.0 Å². The Kier molecular flexibility index (Phi) is 26.2. The lowest BCUT2D eigenvalue weighted by atomic mass is 9.97. The first-order valence-electron chi connectivity index (χ1n) is 16.8. The molecule has 0 rings (SSSR count). The lowest BCUT2D eigenvalue weighted by molar-refractivity contribution is -0.165. The molecule has 0 radical (unpaired) electrons. The average Bonchev–Trinajstić information content (AvgIpc) is 2.91. The first-order chi connectivity index (χ1) is 20.0. The number of hydrogen-bond acceptors (Lipinski definition) is 8. The summed E-state index contributed by atoms with van der Waals surface area (Å²) in [5, 5.41) is 9.08. The molecule has 0 aromatic rings. The standard InChI is InChI=1S/C21H40O3.C14H28O5/c1-5-6-7-8-9-10-11-12-13-14-15-16-17-18-19(22)24-20(23)21(2,3)4;1-10(15)7-17-11(2)8-18-12(3)9-19-13(16)14(4,5)6/h5-18H2,1-4H3;10-12,15H,7-9H2,1-6H3. The summed E-state index contributed by atoms with van der Waals surface area (Å²) in [4.78, 5) is 34.7. The average molecular weight is 617 g/mol. The third kappa shape index (κ3) is 30.3. The second-order valence-electron chi connectivity index (χ2n) is 14.0. The van der Waals surface area contributed by atoms with Gasteiger partial charge in [-0.05, 0) is 68.7 Å². The molecule has 0 aromatic heterocycles. The molecule has 1 N–H and O–H groups in total. The second-order valence-corrected chi connectivity index (χ2v) is 14.0. The van der Waals surface area contributed by atoms with Crippen LogP contribution < -0.4 is 0 Å². The molecule has 0 bridgehead atoms. The van der Waals surface area contributed by atoms with Gasteiger partial charge in [0.1, 0.15) is 6.61 Å². The van der Waals surface area contributed by atoms with Crippen LogP contribution in [-0.2, 0) is 33.3 Å². The minimum absolute atomic E-state index is 0.102. The van der Waals surface area contributed by atoms with E-state index < -0.39 is 22.9 Å². The van der Waals surface area contributed by atoms with Gasteiger partial charge in [0.2, 0.25) is 0 Å². The van der Waals surface area contributed by atoms with Gasteiger partial charge in [-0.15, -0.1) is 0 Å². The zero-order valence-electron chi connectivity index (χ0n) is 29.6. The highest BCUT2D eigenvalue weighted by Crippen LogP contribution is 2.17. The van der Waals surface area contributed by atoms with E-state index in [1.54, 1.807) is 27.7 Å². The van der Waals surface area contributed by atoms with Crippen molar-refractivity contribution in [3.05, 3.63) is 0 Å². The number of esters is 3. The molecule has 8 heteroatoms. The monoisotopic (exact) mass is 616 g/mol. The molecule has 0 amide bonds. The summed E-state index contributed by atoms with van der Waals surface area (Å²) in [7, 11) is 0. The fraction of sp³-hybridized carbons (Fsp3) is 0.914. The highest BCUT2D eigenvalue weighted by Gasteiger charge is 2.25. The van der Waals surface area contributed by atoms with Crippen LogP contribution in [0.1, 0.15) is 159 Å². The van der Waals surface area contributed by atoms with Gasteiger partial charge in [0.15, 0.2) is 0 Å². The molecular weight excluding hydrogens is 548 g/mol.